The van der Waals surface area contributed by atoms with E-state index in [0.717, 1.165) is 26.1 Å². The third-order valence-corrected chi connectivity index (χ3v) is 3.49. The van der Waals surface area contributed by atoms with Crippen molar-refractivity contribution in [2.24, 2.45) is 0 Å². The lowest BCUT2D eigenvalue weighted by Crippen LogP contribution is -2.13. The summed E-state index contributed by atoms with van der Waals surface area (Å²) in [5.41, 5.74) is 3.93. The Morgan fingerprint density at radius 2 is 2.11 bits per heavy atom. The fourth-order valence-corrected chi connectivity index (χ4v) is 2.24. The molecular formula is C17H24N2. The van der Waals surface area contributed by atoms with Gasteiger partial charge in [0.2, 0.25) is 0 Å². The van der Waals surface area contributed by atoms with Gasteiger partial charge in [-0.3, -0.25) is 0 Å². The van der Waals surface area contributed by atoms with Gasteiger partial charge in [-0.25, -0.2) is 0 Å². The van der Waals surface area contributed by atoms with E-state index in [2.05, 4.69) is 60.8 Å². The van der Waals surface area contributed by atoms with Crippen LogP contribution in [0.2, 0.25) is 0 Å². The van der Waals surface area contributed by atoms with Gasteiger partial charge >= 0.3 is 0 Å². The van der Waals surface area contributed by atoms with Crippen molar-refractivity contribution >= 4 is 10.9 Å². The smallest absolute Gasteiger partial charge is 0.0486 e. The summed E-state index contributed by atoms with van der Waals surface area (Å²) in [5, 5.41) is 4.76. The van der Waals surface area contributed by atoms with Crippen LogP contribution in [0.15, 0.2) is 42.6 Å². The van der Waals surface area contributed by atoms with Crippen LogP contribution >= 0.6 is 0 Å². The van der Waals surface area contributed by atoms with Crippen molar-refractivity contribution in [1.82, 2.24) is 9.88 Å². The first-order valence-electron chi connectivity index (χ1n) is 7.19. The second-order valence-corrected chi connectivity index (χ2v) is 5.12. The molecular weight excluding hydrogens is 232 g/mol. The molecule has 2 heteroatoms. The molecule has 0 aliphatic carbocycles. The average Bonchev–Trinajstić information content (AvgIpc) is 2.82. The predicted octanol–water partition coefficient (Wildman–Crippen LogP) is 4.11. The summed E-state index contributed by atoms with van der Waals surface area (Å²) in [6.45, 7) is 11.4. The van der Waals surface area contributed by atoms with Crippen molar-refractivity contribution in [3.05, 3.63) is 48.2 Å². The van der Waals surface area contributed by atoms with E-state index < -0.39 is 0 Å². The molecule has 102 valence electrons. The van der Waals surface area contributed by atoms with Gasteiger partial charge in [-0.05, 0) is 42.5 Å². The quantitative estimate of drug-likeness (QED) is 0.583. The highest BCUT2D eigenvalue weighted by molar-refractivity contribution is 5.80. The molecule has 0 amide bonds. The molecule has 2 aromatic rings. The zero-order chi connectivity index (χ0) is 13.7. The van der Waals surface area contributed by atoms with E-state index >= 15 is 0 Å². The third-order valence-electron chi connectivity index (χ3n) is 3.49. The van der Waals surface area contributed by atoms with Crippen molar-refractivity contribution < 1.29 is 0 Å². The number of nitrogens with zero attached hydrogens (tertiary/aromatic N) is 1. The molecule has 2 nitrogen and oxygen atoms in total. The molecule has 0 atom stereocenters. The first-order chi connectivity index (χ1) is 9.24. The summed E-state index contributed by atoms with van der Waals surface area (Å²) < 4.78 is 2.30. The Morgan fingerprint density at radius 3 is 2.84 bits per heavy atom. The molecule has 1 aromatic heterocycles. The van der Waals surface area contributed by atoms with Crippen molar-refractivity contribution in [2.75, 3.05) is 6.54 Å². The van der Waals surface area contributed by atoms with E-state index in [-0.39, 0.29) is 0 Å². The van der Waals surface area contributed by atoms with Gasteiger partial charge in [0.1, 0.15) is 0 Å². The van der Waals surface area contributed by atoms with E-state index in [0.29, 0.717) is 0 Å². The fraction of sp³-hybridized carbons (Fsp3) is 0.412. The molecule has 0 spiro atoms. The topological polar surface area (TPSA) is 17.0 Å². The van der Waals surface area contributed by atoms with Crippen LogP contribution in [0, 0.1) is 0 Å². The Morgan fingerprint density at radius 1 is 1.26 bits per heavy atom. The van der Waals surface area contributed by atoms with Crippen LogP contribution in [0.4, 0.5) is 0 Å². The zero-order valence-electron chi connectivity index (χ0n) is 12.1. The highest BCUT2D eigenvalue weighted by Crippen LogP contribution is 2.19. The first kappa shape index (κ1) is 13.9. The summed E-state index contributed by atoms with van der Waals surface area (Å²) in [7, 11) is 0. The number of hydrogen-bond acceptors (Lipinski definition) is 1. The maximum absolute atomic E-state index is 4.10. The molecule has 0 aliphatic heterocycles. The number of fused-ring (bicyclic) bond motifs is 1. The number of nitrogens with one attached hydrogen (secondary N) is 1. The Bertz CT molecular complexity index is 551. The van der Waals surface area contributed by atoms with Gasteiger partial charge in [0.15, 0.2) is 0 Å². The molecule has 1 heterocycles. The molecule has 0 fully saturated rings. The fourth-order valence-electron chi connectivity index (χ4n) is 2.24. The van der Waals surface area contributed by atoms with Crippen LogP contribution in [-0.2, 0) is 13.1 Å². The monoisotopic (exact) mass is 256 g/mol. The third kappa shape index (κ3) is 3.48. The molecule has 0 bridgehead atoms. The number of hydrogen-bond donors (Lipinski definition) is 1. The van der Waals surface area contributed by atoms with Gasteiger partial charge in [-0.15, -0.1) is 0 Å². The van der Waals surface area contributed by atoms with Crippen LogP contribution in [0.25, 0.3) is 10.9 Å². The molecule has 19 heavy (non-hydrogen) atoms. The zero-order valence-corrected chi connectivity index (χ0v) is 12.1. The molecule has 2 rings (SSSR count). The lowest BCUT2D eigenvalue weighted by atomic mass is 10.1. The average molecular weight is 256 g/mol. The second kappa shape index (κ2) is 6.58. The van der Waals surface area contributed by atoms with Gasteiger partial charge in [0, 0.05) is 24.8 Å². The van der Waals surface area contributed by atoms with Crippen molar-refractivity contribution in [2.45, 2.75) is 39.8 Å². The summed E-state index contributed by atoms with van der Waals surface area (Å²) in [4.78, 5) is 0. The minimum Gasteiger partial charge on any atom is -0.343 e. The maximum Gasteiger partial charge on any atom is 0.0486 e. The standard InChI is InChI=1S/C17H24N2/c1-4-9-18-12-15-6-7-16-8-10-19(17(16)11-15)13-14(3)5-2/h6-8,10-11,18H,3-5,9,12-13H2,1-2H3. The SMILES string of the molecule is C=C(CC)Cn1ccc2ccc(CNCCC)cc21. The Balaban J connectivity index is 2.19. The molecule has 0 saturated carbocycles. The highest BCUT2D eigenvalue weighted by Gasteiger charge is 2.03. The van der Waals surface area contributed by atoms with Crippen molar-refractivity contribution in [3.63, 3.8) is 0 Å². The summed E-state index contributed by atoms with van der Waals surface area (Å²) in [6.07, 6.45) is 4.38. The number of rotatable bonds is 7. The van der Waals surface area contributed by atoms with E-state index in [1.54, 1.807) is 0 Å². The van der Waals surface area contributed by atoms with Gasteiger partial charge in [0.05, 0.1) is 0 Å². The largest absolute Gasteiger partial charge is 0.343 e. The molecule has 0 saturated heterocycles. The summed E-state index contributed by atoms with van der Waals surface area (Å²) in [6, 6.07) is 8.90. The lowest BCUT2D eigenvalue weighted by Gasteiger charge is -2.08. The van der Waals surface area contributed by atoms with E-state index in [9.17, 15) is 0 Å². The second-order valence-electron chi connectivity index (χ2n) is 5.12. The first-order valence-corrected chi connectivity index (χ1v) is 7.19. The predicted molar refractivity (Wildman–Crippen MR) is 83.4 cm³/mol. The number of aromatic nitrogens is 1. The van der Waals surface area contributed by atoms with Crippen LogP contribution in [0.3, 0.4) is 0 Å². The van der Waals surface area contributed by atoms with Crippen molar-refractivity contribution in [3.8, 4) is 0 Å². The molecule has 0 unspecified atom stereocenters. The summed E-state index contributed by atoms with van der Waals surface area (Å²) in [5.74, 6) is 0. The van der Waals surface area contributed by atoms with Gasteiger partial charge in [0.25, 0.3) is 0 Å². The normalized spacial score (nSPS) is 11.1. The van der Waals surface area contributed by atoms with E-state index in [1.165, 1.54) is 28.5 Å². The van der Waals surface area contributed by atoms with Gasteiger partial charge < -0.3 is 9.88 Å². The van der Waals surface area contributed by atoms with Crippen LogP contribution in [0.1, 0.15) is 32.3 Å². The number of benzene rings is 1. The molecule has 0 aliphatic rings. The van der Waals surface area contributed by atoms with Crippen LogP contribution in [0.5, 0.6) is 0 Å². The highest BCUT2D eigenvalue weighted by atomic mass is 15.0. The minimum atomic E-state index is 0.922. The van der Waals surface area contributed by atoms with E-state index in [1.807, 2.05) is 0 Å². The van der Waals surface area contributed by atoms with Crippen LogP contribution < -0.4 is 5.32 Å². The molecule has 0 radical (unpaired) electrons. The number of allylic oxidation sites excluding steroid dienone is 1. The van der Waals surface area contributed by atoms with Gasteiger partial charge in [-0.1, -0.05) is 38.1 Å². The van der Waals surface area contributed by atoms with Crippen LogP contribution in [-0.4, -0.2) is 11.1 Å². The maximum atomic E-state index is 4.10. The van der Waals surface area contributed by atoms with E-state index in [4.69, 9.17) is 0 Å². The van der Waals surface area contributed by atoms with Crippen molar-refractivity contribution in [1.29, 1.82) is 0 Å². The Hall–Kier alpha value is -1.54. The molecule has 1 aromatic carbocycles. The Labute approximate surface area is 116 Å². The van der Waals surface area contributed by atoms with Gasteiger partial charge in [-0.2, -0.15) is 0 Å². The summed E-state index contributed by atoms with van der Waals surface area (Å²) >= 11 is 0. The molecule has 1 N–H and O–H groups in total. The minimum absolute atomic E-state index is 0.922. The Kier molecular flexibility index (Phi) is 4.80. The lowest BCUT2D eigenvalue weighted by molar-refractivity contribution is 0.675.